The number of rotatable bonds is 4. The Hall–Kier alpha value is -1.75. The van der Waals surface area contributed by atoms with Crippen LogP contribution in [0.3, 0.4) is 0 Å². The van der Waals surface area contributed by atoms with Gasteiger partial charge in [-0.1, -0.05) is 13.3 Å². The van der Waals surface area contributed by atoms with Crippen molar-refractivity contribution in [1.29, 1.82) is 0 Å². The molecule has 4 nitrogen and oxygen atoms in total. The zero-order chi connectivity index (χ0) is 12.4. The van der Waals surface area contributed by atoms with Gasteiger partial charge in [0.1, 0.15) is 17.0 Å². The Labute approximate surface area is 109 Å². The average Bonchev–Trinajstić information content (AvgIpc) is 2.79. The van der Waals surface area contributed by atoms with Crippen LogP contribution in [0.25, 0.3) is 20.4 Å². The van der Waals surface area contributed by atoms with Crippen LogP contribution in [0.1, 0.15) is 19.8 Å². The summed E-state index contributed by atoms with van der Waals surface area (Å²) in [6.07, 6.45) is 5.76. The Kier molecular flexibility index (Phi) is 3.06. The first-order chi connectivity index (χ1) is 8.90. The van der Waals surface area contributed by atoms with Crippen molar-refractivity contribution in [2.45, 2.75) is 19.8 Å². The molecule has 18 heavy (non-hydrogen) atoms. The number of unbranched alkanes of at least 4 members (excludes halogenated alkanes) is 1. The van der Waals surface area contributed by atoms with Crippen molar-refractivity contribution in [3.8, 4) is 0 Å². The molecule has 0 atom stereocenters. The van der Waals surface area contributed by atoms with E-state index in [4.69, 9.17) is 0 Å². The van der Waals surface area contributed by atoms with E-state index < -0.39 is 0 Å². The SMILES string of the molecule is CCCCNc1ncnc2c1sc1ncccc12. The van der Waals surface area contributed by atoms with E-state index in [1.165, 1.54) is 6.42 Å². The minimum Gasteiger partial charge on any atom is -0.369 e. The lowest BCUT2D eigenvalue weighted by Gasteiger charge is -2.04. The van der Waals surface area contributed by atoms with Crippen LogP contribution >= 0.6 is 11.3 Å². The van der Waals surface area contributed by atoms with Crippen LogP contribution in [-0.2, 0) is 0 Å². The molecular weight excluding hydrogens is 244 g/mol. The maximum Gasteiger partial charge on any atom is 0.147 e. The van der Waals surface area contributed by atoms with Gasteiger partial charge >= 0.3 is 0 Å². The minimum atomic E-state index is 0.927. The minimum absolute atomic E-state index is 0.927. The molecule has 0 aliphatic carbocycles. The van der Waals surface area contributed by atoms with E-state index in [-0.39, 0.29) is 0 Å². The molecule has 0 unspecified atom stereocenters. The van der Waals surface area contributed by atoms with Crippen molar-refractivity contribution in [1.82, 2.24) is 15.0 Å². The van der Waals surface area contributed by atoms with E-state index in [1.54, 1.807) is 17.7 Å². The van der Waals surface area contributed by atoms with Crippen LogP contribution in [0.2, 0.25) is 0 Å². The molecule has 3 rings (SSSR count). The predicted octanol–water partition coefficient (Wildman–Crippen LogP) is 3.45. The third-order valence-electron chi connectivity index (χ3n) is 2.85. The van der Waals surface area contributed by atoms with Crippen LogP contribution in [0, 0.1) is 0 Å². The zero-order valence-electron chi connectivity index (χ0n) is 10.2. The topological polar surface area (TPSA) is 50.7 Å². The maximum absolute atomic E-state index is 4.38. The summed E-state index contributed by atoms with van der Waals surface area (Å²) in [5.41, 5.74) is 0.997. The molecule has 5 heteroatoms. The summed E-state index contributed by atoms with van der Waals surface area (Å²) in [6, 6.07) is 4.00. The first-order valence-electron chi connectivity index (χ1n) is 6.12. The molecular formula is C13H14N4S. The molecule has 0 spiro atoms. The standard InChI is InChI=1S/C13H14N4S/c1-2-3-6-14-12-11-10(16-8-17-12)9-5-4-7-15-13(9)18-11/h4-5,7-8H,2-3,6H2,1H3,(H,14,16,17). The second-order valence-corrected chi connectivity index (χ2v) is 5.14. The van der Waals surface area contributed by atoms with Gasteiger partial charge in [0.15, 0.2) is 0 Å². The summed E-state index contributed by atoms with van der Waals surface area (Å²) in [4.78, 5) is 14.1. The molecule has 92 valence electrons. The average molecular weight is 258 g/mol. The third-order valence-corrected chi connectivity index (χ3v) is 3.96. The van der Waals surface area contributed by atoms with Crippen LogP contribution in [0.15, 0.2) is 24.7 Å². The number of thiophene rings is 1. The summed E-state index contributed by atoms with van der Waals surface area (Å²) in [5, 5.41) is 4.49. The number of fused-ring (bicyclic) bond motifs is 3. The number of pyridine rings is 1. The van der Waals surface area contributed by atoms with Crippen molar-refractivity contribution in [2.24, 2.45) is 0 Å². The fraction of sp³-hybridized carbons (Fsp3) is 0.308. The molecule has 0 fully saturated rings. The lowest BCUT2D eigenvalue weighted by molar-refractivity contribution is 0.832. The summed E-state index contributed by atoms with van der Waals surface area (Å²) in [5.74, 6) is 0.927. The first-order valence-corrected chi connectivity index (χ1v) is 6.94. The number of aromatic nitrogens is 3. The van der Waals surface area contributed by atoms with Gasteiger partial charge in [0, 0.05) is 18.1 Å². The van der Waals surface area contributed by atoms with E-state index in [1.807, 2.05) is 12.3 Å². The van der Waals surface area contributed by atoms with Crippen molar-refractivity contribution >= 4 is 37.6 Å². The number of hydrogen-bond acceptors (Lipinski definition) is 5. The summed E-state index contributed by atoms with van der Waals surface area (Å²) >= 11 is 1.65. The van der Waals surface area contributed by atoms with Gasteiger partial charge in [0.2, 0.25) is 0 Å². The highest BCUT2D eigenvalue weighted by Gasteiger charge is 2.10. The lowest BCUT2D eigenvalue weighted by atomic mass is 10.3. The Bertz CT molecular complexity index is 677. The largest absolute Gasteiger partial charge is 0.369 e. The highest BCUT2D eigenvalue weighted by atomic mass is 32.1. The van der Waals surface area contributed by atoms with E-state index in [2.05, 4.69) is 33.3 Å². The van der Waals surface area contributed by atoms with Gasteiger partial charge in [-0.15, -0.1) is 11.3 Å². The highest BCUT2D eigenvalue weighted by molar-refractivity contribution is 7.25. The van der Waals surface area contributed by atoms with Crippen LogP contribution in [-0.4, -0.2) is 21.5 Å². The van der Waals surface area contributed by atoms with Gasteiger partial charge in [-0.25, -0.2) is 15.0 Å². The highest BCUT2D eigenvalue weighted by Crippen LogP contribution is 2.34. The number of anilines is 1. The molecule has 3 aromatic rings. The smallest absolute Gasteiger partial charge is 0.147 e. The van der Waals surface area contributed by atoms with Gasteiger partial charge in [-0.2, -0.15) is 0 Å². The molecule has 0 saturated carbocycles. The fourth-order valence-corrected chi connectivity index (χ4v) is 2.98. The molecule has 3 heterocycles. The summed E-state index contributed by atoms with van der Waals surface area (Å²) in [7, 11) is 0. The normalized spacial score (nSPS) is 11.2. The van der Waals surface area contributed by atoms with Crippen LogP contribution in [0.4, 0.5) is 5.82 Å². The predicted molar refractivity (Wildman–Crippen MR) is 76.1 cm³/mol. The molecule has 0 aliphatic heterocycles. The molecule has 0 amide bonds. The van der Waals surface area contributed by atoms with Gasteiger partial charge in [-0.05, 0) is 18.6 Å². The summed E-state index contributed by atoms with van der Waals surface area (Å²) < 4.78 is 1.10. The van der Waals surface area contributed by atoms with Crippen LogP contribution in [0.5, 0.6) is 0 Å². The van der Waals surface area contributed by atoms with Crippen LogP contribution < -0.4 is 5.32 Å². The molecule has 1 N–H and O–H groups in total. The maximum atomic E-state index is 4.38. The molecule has 0 aliphatic rings. The lowest BCUT2D eigenvalue weighted by Crippen LogP contribution is -2.02. The van der Waals surface area contributed by atoms with Gasteiger partial charge in [0.05, 0.1) is 10.2 Å². The van der Waals surface area contributed by atoms with E-state index in [0.29, 0.717) is 0 Å². The van der Waals surface area contributed by atoms with Gasteiger partial charge < -0.3 is 5.32 Å². The number of nitrogens with one attached hydrogen (secondary N) is 1. The second kappa shape index (κ2) is 4.86. The Morgan fingerprint density at radius 3 is 3.11 bits per heavy atom. The Morgan fingerprint density at radius 2 is 2.22 bits per heavy atom. The summed E-state index contributed by atoms with van der Waals surface area (Å²) in [6.45, 7) is 3.13. The van der Waals surface area contributed by atoms with Gasteiger partial charge in [0.25, 0.3) is 0 Å². The Morgan fingerprint density at radius 1 is 1.28 bits per heavy atom. The molecule has 0 radical (unpaired) electrons. The Balaban J connectivity index is 2.09. The molecule has 0 aromatic carbocycles. The number of nitrogens with zero attached hydrogens (tertiary/aromatic N) is 3. The van der Waals surface area contributed by atoms with Crippen molar-refractivity contribution < 1.29 is 0 Å². The monoisotopic (exact) mass is 258 g/mol. The fourth-order valence-electron chi connectivity index (χ4n) is 1.92. The van der Waals surface area contributed by atoms with E-state index >= 15 is 0 Å². The third kappa shape index (κ3) is 1.90. The molecule has 0 bridgehead atoms. The van der Waals surface area contributed by atoms with Crippen molar-refractivity contribution in [3.05, 3.63) is 24.7 Å². The second-order valence-electron chi connectivity index (χ2n) is 4.14. The van der Waals surface area contributed by atoms with Gasteiger partial charge in [-0.3, -0.25) is 0 Å². The molecule has 0 saturated heterocycles. The molecule has 3 aromatic heterocycles. The number of hydrogen-bond donors (Lipinski definition) is 1. The van der Waals surface area contributed by atoms with E-state index in [0.717, 1.165) is 39.2 Å². The zero-order valence-corrected chi connectivity index (χ0v) is 11.0. The quantitative estimate of drug-likeness (QED) is 0.728. The van der Waals surface area contributed by atoms with Crippen molar-refractivity contribution in [3.63, 3.8) is 0 Å². The van der Waals surface area contributed by atoms with Crippen molar-refractivity contribution in [2.75, 3.05) is 11.9 Å². The van der Waals surface area contributed by atoms with E-state index in [9.17, 15) is 0 Å². The first kappa shape index (κ1) is 11.3.